The molecule has 0 heterocycles. The first-order valence-corrected chi connectivity index (χ1v) is 9.26. The van der Waals surface area contributed by atoms with Gasteiger partial charge < -0.3 is 4.84 Å². The molecule has 3 aromatic rings. The molecule has 0 aliphatic rings. The molecular formula is C21H14N4O8. The van der Waals surface area contributed by atoms with Crippen LogP contribution in [-0.2, 0) is 11.3 Å². The SMILES string of the molecule is O=C(O/N=C(\Cc1ccc([N+](=O)[O-])cc1)c1ccccc1)c1ccc([N+](=O)[O-])cc1[N+](=O)[O-]. The van der Waals surface area contributed by atoms with Crippen LogP contribution in [0.1, 0.15) is 21.5 Å². The number of carbonyl (C=O) groups is 1. The molecule has 0 unspecified atom stereocenters. The minimum absolute atomic E-state index is 0.0890. The fourth-order valence-electron chi connectivity index (χ4n) is 2.85. The molecule has 0 N–H and O–H groups in total. The van der Waals surface area contributed by atoms with E-state index in [2.05, 4.69) is 5.16 Å². The number of hydrogen-bond donors (Lipinski definition) is 0. The van der Waals surface area contributed by atoms with Crippen LogP contribution in [0.3, 0.4) is 0 Å². The Morgan fingerprint density at radius 2 is 1.39 bits per heavy atom. The third-order valence-corrected chi connectivity index (χ3v) is 4.47. The second-order valence-corrected chi connectivity index (χ2v) is 6.60. The normalized spacial score (nSPS) is 11.0. The maximum absolute atomic E-state index is 12.5. The Bertz CT molecular complexity index is 1260. The van der Waals surface area contributed by atoms with E-state index >= 15 is 0 Å². The number of hydrogen-bond acceptors (Lipinski definition) is 9. The predicted octanol–water partition coefficient (Wildman–Crippen LogP) is 4.22. The molecule has 0 saturated carbocycles. The van der Waals surface area contributed by atoms with Gasteiger partial charge in [-0.3, -0.25) is 30.3 Å². The van der Waals surface area contributed by atoms with E-state index in [0.717, 1.165) is 12.1 Å². The average molecular weight is 450 g/mol. The van der Waals surface area contributed by atoms with Crippen molar-refractivity contribution in [3.63, 3.8) is 0 Å². The van der Waals surface area contributed by atoms with Gasteiger partial charge in [0.15, 0.2) is 0 Å². The number of carbonyl (C=O) groups excluding carboxylic acids is 1. The fraction of sp³-hybridized carbons (Fsp3) is 0.0476. The summed E-state index contributed by atoms with van der Waals surface area (Å²) in [5.41, 5.74) is -0.429. The van der Waals surface area contributed by atoms with E-state index in [0.29, 0.717) is 17.2 Å². The lowest BCUT2D eigenvalue weighted by atomic mass is 10.0. The highest BCUT2D eigenvalue weighted by molar-refractivity contribution is 6.02. The standard InChI is InChI=1S/C21H14N4O8/c26-21(18-11-10-17(24(29)30)13-20(18)25(31)32)33-22-19(15-4-2-1-3-5-15)12-14-6-8-16(9-7-14)23(27)28/h1-11,13H,12H2/b22-19+. The number of benzene rings is 3. The van der Waals surface area contributed by atoms with Crippen LogP contribution < -0.4 is 0 Å². The molecule has 33 heavy (non-hydrogen) atoms. The maximum Gasteiger partial charge on any atom is 0.372 e. The van der Waals surface area contributed by atoms with Gasteiger partial charge in [-0.05, 0) is 17.2 Å². The quantitative estimate of drug-likeness (QED) is 0.213. The van der Waals surface area contributed by atoms with Crippen LogP contribution in [-0.4, -0.2) is 26.5 Å². The van der Waals surface area contributed by atoms with Gasteiger partial charge in [-0.2, -0.15) is 0 Å². The van der Waals surface area contributed by atoms with E-state index in [-0.39, 0.29) is 17.8 Å². The van der Waals surface area contributed by atoms with Gasteiger partial charge in [0.1, 0.15) is 5.56 Å². The van der Waals surface area contributed by atoms with E-state index in [4.69, 9.17) is 4.84 Å². The van der Waals surface area contributed by atoms with Crippen LogP contribution in [0.2, 0.25) is 0 Å². The monoisotopic (exact) mass is 450 g/mol. The molecule has 0 saturated heterocycles. The van der Waals surface area contributed by atoms with Gasteiger partial charge in [-0.15, -0.1) is 0 Å². The van der Waals surface area contributed by atoms with E-state index in [9.17, 15) is 35.1 Å². The summed E-state index contributed by atoms with van der Waals surface area (Å²) in [5.74, 6) is -1.17. The molecule has 0 bridgehead atoms. The highest BCUT2D eigenvalue weighted by atomic mass is 16.7. The first kappa shape index (κ1) is 22.7. The number of oxime groups is 1. The number of nitro benzene ring substituents is 3. The van der Waals surface area contributed by atoms with Crippen molar-refractivity contribution >= 4 is 28.7 Å². The summed E-state index contributed by atoms with van der Waals surface area (Å²) in [6.45, 7) is 0. The molecule has 0 atom stereocenters. The highest BCUT2D eigenvalue weighted by Gasteiger charge is 2.25. The van der Waals surface area contributed by atoms with Gasteiger partial charge in [0, 0.05) is 24.6 Å². The molecule has 0 amide bonds. The third-order valence-electron chi connectivity index (χ3n) is 4.47. The van der Waals surface area contributed by atoms with Crippen molar-refractivity contribution in [3.05, 3.63) is 120 Å². The summed E-state index contributed by atoms with van der Waals surface area (Å²) in [5, 5.41) is 36.8. The van der Waals surface area contributed by atoms with Gasteiger partial charge in [-0.1, -0.05) is 47.6 Å². The maximum atomic E-state index is 12.5. The third kappa shape index (κ3) is 5.58. The number of non-ortho nitro benzene ring substituents is 2. The lowest BCUT2D eigenvalue weighted by molar-refractivity contribution is -0.394. The largest absolute Gasteiger partial charge is 0.372 e. The summed E-state index contributed by atoms with van der Waals surface area (Å²) >= 11 is 0. The lowest BCUT2D eigenvalue weighted by Crippen LogP contribution is -2.10. The molecule has 0 fully saturated rings. The topological polar surface area (TPSA) is 168 Å². The van der Waals surface area contributed by atoms with E-state index in [1.165, 1.54) is 24.3 Å². The summed E-state index contributed by atoms with van der Waals surface area (Å²) < 4.78 is 0. The number of nitro groups is 3. The molecule has 0 spiro atoms. The molecule has 0 aliphatic carbocycles. The van der Waals surface area contributed by atoms with Crippen LogP contribution in [0, 0.1) is 30.3 Å². The molecule has 12 nitrogen and oxygen atoms in total. The van der Waals surface area contributed by atoms with E-state index < -0.39 is 37.7 Å². The predicted molar refractivity (Wildman–Crippen MR) is 115 cm³/mol. The minimum atomic E-state index is -1.17. The van der Waals surface area contributed by atoms with Crippen molar-refractivity contribution in [2.75, 3.05) is 0 Å². The van der Waals surface area contributed by atoms with Crippen LogP contribution >= 0.6 is 0 Å². The molecule has 12 heteroatoms. The molecule has 0 radical (unpaired) electrons. The first-order valence-electron chi connectivity index (χ1n) is 9.26. The van der Waals surface area contributed by atoms with Crippen LogP contribution in [0.4, 0.5) is 17.1 Å². The Morgan fingerprint density at radius 3 is 1.97 bits per heavy atom. The van der Waals surface area contributed by atoms with Crippen molar-refractivity contribution in [1.29, 1.82) is 0 Å². The molecule has 0 aliphatic heterocycles. The van der Waals surface area contributed by atoms with Crippen LogP contribution in [0.15, 0.2) is 78.0 Å². The van der Waals surface area contributed by atoms with E-state index in [1.807, 2.05) is 0 Å². The second-order valence-electron chi connectivity index (χ2n) is 6.60. The Morgan fingerprint density at radius 1 is 0.788 bits per heavy atom. The first-order chi connectivity index (χ1) is 15.8. The van der Waals surface area contributed by atoms with Gasteiger partial charge in [-0.25, -0.2) is 4.79 Å². The van der Waals surface area contributed by atoms with Crippen molar-refractivity contribution in [2.24, 2.45) is 5.16 Å². The Balaban J connectivity index is 1.90. The van der Waals surface area contributed by atoms with E-state index in [1.54, 1.807) is 30.3 Å². The van der Waals surface area contributed by atoms with Crippen molar-refractivity contribution in [1.82, 2.24) is 0 Å². The van der Waals surface area contributed by atoms with Crippen molar-refractivity contribution in [2.45, 2.75) is 6.42 Å². The zero-order chi connectivity index (χ0) is 24.0. The van der Waals surface area contributed by atoms with Gasteiger partial charge in [0.2, 0.25) is 0 Å². The molecule has 3 aromatic carbocycles. The summed E-state index contributed by atoms with van der Waals surface area (Å²) in [6, 6.07) is 16.9. The van der Waals surface area contributed by atoms with Crippen LogP contribution in [0.5, 0.6) is 0 Å². The smallest absolute Gasteiger partial charge is 0.312 e. The molecule has 166 valence electrons. The second kappa shape index (κ2) is 9.87. The van der Waals surface area contributed by atoms with Gasteiger partial charge in [0.25, 0.3) is 17.1 Å². The van der Waals surface area contributed by atoms with Crippen molar-refractivity contribution in [3.8, 4) is 0 Å². The molecule has 3 rings (SSSR count). The lowest BCUT2D eigenvalue weighted by Gasteiger charge is -2.07. The average Bonchev–Trinajstić information content (AvgIpc) is 2.81. The highest BCUT2D eigenvalue weighted by Crippen LogP contribution is 2.25. The summed E-state index contributed by atoms with van der Waals surface area (Å²) in [7, 11) is 0. The van der Waals surface area contributed by atoms with Crippen molar-refractivity contribution < 1.29 is 24.4 Å². The fourth-order valence-corrected chi connectivity index (χ4v) is 2.85. The zero-order valence-electron chi connectivity index (χ0n) is 16.7. The Labute approximate surface area is 185 Å². The Hall–Kier alpha value is -5.00. The minimum Gasteiger partial charge on any atom is -0.312 e. The van der Waals surface area contributed by atoms with Crippen LogP contribution in [0.25, 0.3) is 0 Å². The van der Waals surface area contributed by atoms with Gasteiger partial charge in [0.05, 0.1) is 26.5 Å². The zero-order valence-corrected chi connectivity index (χ0v) is 16.7. The summed E-state index contributed by atoms with van der Waals surface area (Å²) in [6.07, 6.45) is 0.137. The number of nitrogens with zero attached hydrogens (tertiary/aromatic N) is 4. The number of rotatable bonds is 8. The van der Waals surface area contributed by atoms with Gasteiger partial charge >= 0.3 is 5.97 Å². The Kier molecular flexibility index (Phi) is 6.78. The molecular weight excluding hydrogens is 436 g/mol. The summed E-state index contributed by atoms with van der Waals surface area (Å²) in [4.78, 5) is 48.1. The molecule has 0 aromatic heterocycles.